The maximum absolute atomic E-state index is 11.8. The van der Waals surface area contributed by atoms with E-state index in [1.807, 2.05) is 71.0 Å². The number of guanidine groups is 1. The van der Waals surface area contributed by atoms with Crippen molar-refractivity contribution >= 4 is 41.7 Å². The van der Waals surface area contributed by atoms with Gasteiger partial charge in [-0.05, 0) is 70.4 Å². The average Bonchev–Trinajstić information content (AvgIpc) is 2.67. The summed E-state index contributed by atoms with van der Waals surface area (Å²) >= 11 is 0. The number of benzene rings is 1. The summed E-state index contributed by atoms with van der Waals surface area (Å²) in [5.41, 5.74) is 3.46. The molecule has 0 aliphatic heterocycles. The van der Waals surface area contributed by atoms with E-state index < -0.39 is 11.7 Å². The van der Waals surface area contributed by atoms with Crippen LogP contribution in [0.4, 0.5) is 10.5 Å². The number of aliphatic imine (C=N–C) groups is 1. The number of halogens is 1. The minimum Gasteiger partial charge on any atom is -0.444 e. The van der Waals surface area contributed by atoms with Crippen LogP contribution in [0.2, 0.25) is 0 Å². The lowest BCUT2D eigenvalue weighted by Gasteiger charge is -2.19. The standard InChI is InChI=1S/C23H33N5O2.HI/c1-6-24-21(27-16-20-17(2)8-7-14-25-20)26-15-13-18-9-11-19(12-10-18)28-22(29)30-23(3,4)5;/h7-12,14H,6,13,15-16H2,1-5H3,(H,28,29)(H2,24,26,27);1H. The number of anilines is 1. The Hall–Kier alpha value is -2.36. The Morgan fingerprint density at radius 1 is 1.13 bits per heavy atom. The molecule has 0 bridgehead atoms. The van der Waals surface area contributed by atoms with Crippen molar-refractivity contribution in [1.29, 1.82) is 0 Å². The second-order valence-electron chi connectivity index (χ2n) is 7.96. The number of ether oxygens (including phenoxy) is 1. The first-order valence-electron chi connectivity index (χ1n) is 10.3. The van der Waals surface area contributed by atoms with Gasteiger partial charge in [0.25, 0.3) is 0 Å². The normalized spacial score (nSPS) is 11.3. The molecule has 0 spiro atoms. The minimum atomic E-state index is -0.517. The predicted molar refractivity (Wildman–Crippen MR) is 137 cm³/mol. The van der Waals surface area contributed by atoms with Gasteiger partial charge in [0.2, 0.25) is 0 Å². The van der Waals surface area contributed by atoms with E-state index in [1.54, 1.807) is 6.20 Å². The van der Waals surface area contributed by atoms with Crippen molar-refractivity contribution in [3.8, 4) is 0 Å². The molecule has 1 aromatic heterocycles. The molecule has 0 aliphatic carbocycles. The van der Waals surface area contributed by atoms with Gasteiger partial charge in [-0.2, -0.15) is 0 Å². The first kappa shape index (κ1) is 26.7. The Balaban J connectivity index is 0.00000480. The molecular formula is C23H34IN5O2. The highest BCUT2D eigenvalue weighted by Gasteiger charge is 2.16. The third-order valence-corrected chi connectivity index (χ3v) is 4.15. The van der Waals surface area contributed by atoms with E-state index in [0.717, 1.165) is 42.3 Å². The van der Waals surface area contributed by atoms with Gasteiger partial charge >= 0.3 is 6.09 Å². The molecule has 170 valence electrons. The molecule has 2 aromatic rings. The van der Waals surface area contributed by atoms with Crippen LogP contribution < -0.4 is 16.0 Å². The largest absolute Gasteiger partial charge is 0.444 e. The molecule has 1 aromatic carbocycles. The third kappa shape index (κ3) is 10.5. The van der Waals surface area contributed by atoms with Crippen LogP contribution in [0.5, 0.6) is 0 Å². The van der Waals surface area contributed by atoms with Crippen LogP contribution in [0.1, 0.15) is 44.5 Å². The summed E-state index contributed by atoms with van der Waals surface area (Å²) in [7, 11) is 0. The van der Waals surface area contributed by atoms with E-state index in [2.05, 4.69) is 25.9 Å². The molecule has 1 heterocycles. The lowest BCUT2D eigenvalue weighted by Crippen LogP contribution is -2.38. The average molecular weight is 539 g/mol. The molecule has 3 N–H and O–H groups in total. The van der Waals surface area contributed by atoms with Crippen LogP contribution in [0, 0.1) is 6.92 Å². The number of rotatable bonds is 7. The SMILES string of the molecule is CCNC(=NCc1ncccc1C)NCCc1ccc(NC(=O)OC(C)(C)C)cc1.I. The maximum Gasteiger partial charge on any atom is 0.412 e. The van der Waals surface area contributed by atoms with E-state index >= 15 is 0 Å². The van der Waals surface area contributed by atoms with Crippen LogP contribution in [0.3, 0.4) is 0 Å². The van der Waals surface area contributed by atoms with E-state index in [4.69, 9.17) is 4.74 Å². The minimum absolute atomic E-state index is 0. The quantitative estimate of drug-likeness (QED) is 0.271. The van der Waals surface area contributed by atoms with E-state index in [9.17, 15) is 4.79 Å². The zero-order valence-electron chi connectivity index (χ0n) is 19.0. The van der Waals surface area contributed by atoms with Gasteiger partial charge in [0.05, 0.1) is 12.2 Å². The third-order valence-electron chi connectivity index (χ3n) is 4.15. The molecule has 31 heavy (non-hydrogen) atoms. The second kappa shape index (κ2) is 13.1. The van der Waals surface area contributed by atoms with Crippen molar-refractivity contribution in [3.63, 3.8) is 0 Å². The van der Waals surface area contributed by atoms with Crippen LogP contribution in [-0.2, 0) is 17.7 Å². The molecule has 1 amide bonds. The van der Waals surface area contributed by atoms with Crippen molar-refractivity contribution in [2.75, 3.05) is 18.4 Å². The molecule has 0 unspecified atom stereocenters. The number of carbonyl (C=O) groups excluding carboxylic acids is 1. The lowest BCUT2D eigenvalue weighted by atomic mass is 10.1. The molecule has 0 atom stereocenters. The number of carbonyl (C=O) groups is 1. The van der Waals surface area contributed by atoms with Crippen molar-refractivity contribution < 1.29 is 9.53 Å². The molecule has 7 nitrogen and oxygen atoms in total. The number of nitrogens with zero attached hydrogens (tertiary/aromatic N) is 2. The molecule has 0 aliphatic rings. The van der Waals surface area contributed by atoms with Crippen LogP contribution in [-0.4, -0.2) is 35.7 Å². The molecule has 2 rings (SSSR count). The number of nitrogens with one attached hydrogen (secondary N) is 3. The fourth-order valence-electron chi connectivity index (χ4n) is 2.68. The summed E-state index contributed by atoms with van der Waals surface area (Å²) in [6, 6.07) is 11.7. The number of hydrogen-bond acceptors (Lipinski definition) is 4. The monoisotopic (exact) mass is 539 g/mol. The Labute approximate surface area is 202 Å². The summed E-state index contributed by atoms with van der Waals surface area (Å²) in [5.74, 6) is 0.769. The maximum atomic E-state index is 11.8. The molecule has 0 saturated heterocycles. The van der Waals surface area contributed by atoms with Crippen molar-refractivity contribution in [2.24, 2.45) is 4.99 Å². The number of amides is 1. The molecule has 8 heteroatoms. The Kier molecular flexibility index (Phi) is 11.3. The first-order chi connectivity index (χ1) is 14.3. The topological polar surface area (TPSA) is 87.6 Å². The zero-order chi connectivity index (χ0) is 22.0. The van der Waals surface area contributed by atoms with Gasteiger partial charge in [0, 0.05) is 25.0 Å². The van der Waals surface area contributed by atoms with E-state index in [0.29, 0.717) is 12.2 Å². The molecule has 0 fully saturated rings. The smallest absolute Gasteiger partial charge is 0.412 e. The molecule has 0 saturated carbocycles. The zero-order valence-corrected chi connectivity index (χ0v) is 21.3. The number of hydrogen-bond donors (Lipinski definition) is 3. The van der Waals surface area contributed by atoms with E-state index in [-0.39, 0.29) is 24.0 Å². The van der Waals surface area contributed by atoms with Gasteiger partial charge < -0.3 is 15.4 Å². The summed E-state index contributed by atoms with van der Waals surface area (Å²) < 4.78 is 5.26. The van der Waals surface area contributed by atoms with Gasteiger partial charge in [-0.3, -0.25) is 10.3 Å². The van der Waals surface area contributed by atoms with E-state index in [1.165, 1.54) is 0 Å². The van der Waals surface area contributed by atoms with Crippen molar-refractivity contribution in [3.05, 3.63) is 59.4 Å². The highest BCUT2D eigenvalue weighted by molar-refractivity contribution is 14.0. The highest BCUT2D eigenvalue weighted by Crippen LogP contribution is 2.13. The Bertz CT molecular complexity index is 848. The van der Waals surface area contributed by atoms with Gasteiger partial charge in [0.1, 0.15) is 5.60 Å². The predicted octanol–water partition coefficient (Wildman–Crippen LogP) is 4.65. The van der Waals surface area contributed by atoms with Gasteiger partial charge in [0.15, 0.2) is 5.96 Å². The molecule has 0 radical (unpaired) electrons. The summed E-state index contributed by atoms with van der Waals surface area (Å²) in [4.78, 5) is 20.8. The Morgan fingerprint density at radius 2 is 1.84 bits per heavy atom. The first-order valence-corrected chi connectivity index (χ1v) is 10.3. The number of pyridine rings is 1. The van der Waals surface area contributed by atoms with Crippen LogP contribution in [0.25, 0.3) is 0 Å². The number of aromatic nitrogens is 1. The highest BCUT2D eigenvalue weighted by atomic mass is 127. The van der Waals surface area contributed by atoms with Crippen LogP contribution in [0.15, 0.2) is 47.6 Å². The van der Waals surface area contributed by atoms with Gasteiger partial charge in [-0.25, -0.2) is 9.79 Å². The fourth-order valence-corrected chi connectivity index (χ4v) is 2.68. The fraction of sp³-hybridized carbons (Fsp3) is 0.435. The summed E-state index contributed by atoms with van der Waals surface area (Å²) in [6.07, 6.45) is 2.17. The van der Waals surface area contributed by atoms with Gasteiger partial charge in [-0.1, -0.05) is 18.2 Å². The Morgan fingerprint density at radius 3 is 2.45 bits per heavy atom. The van der Waals surface area contributed by atoms with Gasteiger partial charge in [-0.15, -0.1) is 24.0 Å². The van der Waals surface area contributed by atoms with Crippen molar-refractivity contribution in [2.45, 2.75) is 53.2 Å². The van der Waals surface area contributed by atoms with Crippen molar-refractivity contribution in [1.82, 2.24) is 15.6 Å². The number of aryl methyl sites for hydroxylation is 1. The van der Waals surface area contributed by atoms with Crippen LogP contribution >= 0.6 is 24.0 Å². The summed E-state index contributed by atoms with van der Waals surface area (Å²) in [5, 5.41) is 9.35. The molecular weight excluding hydrogens is 505 g/mol. The second-order valence-corrected chi connectivity index (χ2v) is 7.96. The lowest BCUT2D eigenvalue weighted by molar-refractivity contribution is 0.0636. The summed E-state index contributed by atoms with van der Waals surface area (Å²) in [6.45, 7) is 11.7.